The molecule has 0 bridgehead atoms. The molecule has 0 unspecified atom stereocenters. The van der Waals surface area contributed by atoms with Crippen molar-refractivity contribution in [3.05, 3.63) is 60.7 Å². The van der Waals surface area contributed by atoms with Gasteiger partial charge in [-0.2, -0.15) is 0 Å². The van der Waals surface area contributed by atoms with Gasteiger partial charge in [-0.15, -0.1) is 11.3 Å². The van der Waals surface area contributed by atoms with Gasteiger partial charge in [-0.3, -0.25) is 0 Å². The van der Waals surface area contributed by atoms with E-state index in [1.807, 2.05) is 11.3 Å². The van der Waals surface area contributed by atoms with Crippen molar-refractivity contribution in [1.29, 1.82) is 0 Å². The number of nitrogens with zero attached hydrogens (tertiary/aromatic N) is 1. The minimum absolute atomic E-state index is 0.333. The van der Waals surface area contributed by atoms with Crippen molar-refractivity contribution < 1.29 is 0 Å². The van der Waals surface area contributed by atoms with Crippen LogP contribution in [-0.2, 0) is 6.54 Å². The van der Waals surface area contributed by atoms with Gasteiger partial charge in [0.15, 0.2) is 0 Å². The molecule has 0 atom stereocenters. The minimum Gasteiger partial charge on any atom is -0.340 e. The van der Waals surface area contributed by atoms with Crippen LogP contribution in [0.15, 0.2) is 60.7 Å². The lowest BCUT2D eigenvalue weighted by molar-refractivity contribution is 0.355. The van der Waals surface area contributed by atoms with Crippen LogP contribution in [0.3, 0.4) is 0 Å². The van der Waals surface area contributed by atoms with E-state index in [0.717, 1.165) is 6.54 Å². The summed E-state index contributed by atoms with van der Waals surface area (Å²) in [6.45, 7) is 8.03. The van der Waals surface area contributed by atoms with E-state index in [1.54, 1.807) is 0 Å². The van der Waals surface area contributed by atoms with Crippen LogP contribution in [0.5, 0.6) is 0 Å². The second kappa shape index (κ2) is 5.59. The smallest absolute Gasteiger partial charge is 0.0506 e. The molecular weight excluding hydrogens is 334 g/mol. The van der Waals surface area contributed by atoms with E-state index in [2.05, 4.69) is 86.0 Å². The predicted molar refractivity (Wildman–Crippen MR) is 116 cm³/mol. The molecule has 1 nitrogen and oxygen atoms in total. The number of fused-ring (bicyclic) bond motifs is 7. The molecule has 0 amide bonds. The highest BCUT2D eigenvalue weighted by atomic mass is 32.1. The zero-order chi connectivity index (χ0) is 17.9. The molecule has 2 aromatic heterocycles. The van der Waals surface area contributed by atoms with E-state index >= 15 is 0 Å². The summed E-state index contributed by atoms with van der Waals surface area (Å²) < 4.78 is 5.33. The van der Waals surface area contributed by atoms with Gasteiger partial charge in [0.25, 0.3) is 0 Å². The molecule has 0 spiro atoms. The first-order valence-corrected chi connectivity index (χ1v) is 10.2. The standard InChI is InChI=1S/C24H23NS/c1-24(2,3)14-15-25-19-10-6-4-9-18(19)22-20(25)13-12-17-16-8-5-7-11-21(16)26-23(17)22/h4-13H,14-15H2,1-3H3. The maximum atomic E-state index is 2.53. The van der Waals surface area contributed by atoms with Crippen molar-refractivity contribution in [2.45, 2.75) is 33.7 Å². The largest absolute Gasteiger partial charge is 0.340 e. The Hall–Kier alpha value is -2.32. The average molecular weight is 358 g/mol. The lowest BCUT2D eigenvalue weighted by atomic mass is 9.92. The van der Waals surface area contributed by atoms with Gasteiger partial charge in [0.1, 0.15) is 0 Å². The van der Waals surface area contributed by atoms with Crippen molar-refractivity contribution >= 4 is 53.3 Å². The Balaban J connectivity index is 1.88. The molecule has 0 aliphatic carbocycles. The fraction of sp³-hybridized carbons (Fsp3) is 0.250. The normalized spacial score (nSPS) is 12.7. The molecule has 0 N–H and O–H groups in total. The molecule has 130 valence electrons. The Kier molecular flexibility index (Phi) is 3.42. The molecule has 0 saturated heterocycles. The molecular formula is C24H23NS. The lowest BCUT2D eigenvalue weighted by Gasteiger charge is -2.19. The van der Waals surface area contributed by atoms with E-state index in [9.17, 15) is 0 Å². The predicted octanol–water partition coefficient (Wildman–Crippen LogP) is 7.60. The fourth-order valence-corrected chi connectivity index (χ4v) is 5.26. The molecule has 0 fully saturated rings. The van der Waals surface area contributed by atoms with Crippen molar-refractivity contribution in [1.82, 2.24) is 4.57 Å². The lowest BCUT2D eigenvalue weighted by Crippen LogP contribution is -2.10. The van der Waals surface area contributed by atoms with E-state index in [-0.39, 0.29) is 0 Å². The molecule has 5 aromatic rings. The zero-order valence-corrected chi connectivity index (χ0v) is 16.4. The van der Waals surface area contributed by atoms with Gasteiger partial charge in [0, 0.05) is 43.0 Å². The molecule has 5 rings (SSSR count). The molecule has 2 heteroatoms. The van der Waals surface area contributed by atoms with Gasteiger partial charge >= 0.3 is 0 Å². The highest BCUT2D eigenvalue weighted by Gasteiger charge is 2.17. The van der Waals surface area contributed by atoms with Crippen molar-refractivity contribution in [2.24, 2.45) is 5.41 Å². The maximum Gasteiger partial charge on any atom is 0.0506 e. The van der Waals surface area contributed by atoms with Gasteiger partial charge in [-0.1, -0.05) is 63.2 Å². The second-order valence-corrected chi connectivity index (χ2v) is 9.47. The summed E-state index contributed by atoms with van der Waals surface area (Å²) in [5, 5.41) is 5.57. The molecule has 26 heavy (non-hydrogen) atoms. The number of benzene rings is 3. The Morgan fingerprint density at radius 2 is 1.50 bits per heavy atom. The molecule has 0 radical (unpaired) electrons. The number of thiophene rings is 1. The summed E-state index contributed by atoms with van der Waals surface area (Å²) in [5.41, 5.74) is 3.06. The van der Waals surface area contributed by atoms with E-state index < -0.39 is 0 Å². The number of hydrogen-bond acceptors (Lipinski definition) is 1. The first kappa shape index (κ1) is 15.9. The third-order valence-corrected chi connectivity index (χ3v) is 6.57. The summed E-state index contributed by atoms with van der Waals surface area (Å²) in [5.74, 6) is 0. The number of hydrogen-bond donors (Lipinski definition) is 0. The zero-order valence-electron chi connectivity index (χ0n) is 15.5. The summed E-state index contributed by atoms with van der Waals surface area (Å²) in [6.07, 6.45) is 1.17. The highest BCUT2D eigenvalue weighted by molar-refractivity contribution is 7.26. The second-order valence-electron chi connectivity index (χ2n) is 8.41. The van der Waals surface area contributed by atoms with Crippen molar-refractivity contribution in [3.63, 3.8) is 0 Å². The molecule has 0 aliphatic rings. The highest BCUT2D eigenvalue weighted by Crippen LogP contribution is 2.42. The monoisotopic (exact) mass is 357 g/mol. The van der Waals surface area contributed by atoms with Crippen molar-refractivity contribution in [2.75, 3.05) is 0 Å². The van der Waals surface area contributed by atoms with Gasteiger partial charge in [0.2, 0.25) is 0 Å². The first-order chi connectivity index (χ1) is 12.5. The average Bonchev–Trinajstić information content (AvgIpc) is 3.15. The summed E-state index contributed by atoms with van der Waals surface area (Å²) in [4.78, 5) is 0. The Bertz CT molecular complexity index is 1260. The van der Waals surface area contributed by atoms with E-state index in [0.29, 0.717) is 5.41 Å². The Morgan fingerprint density at radius 1 is 0.769 bits per heavy atom. The summed E-state index contributed by atoms with van der Waals surface area (Å²) in [7, 11) is 0. The third kappa shape index (κ3) is 2.36. The number of aromatic nitrogens is 1. The number of para-hydroxylation sites is 1. The molecule has 3 aromatic carbocycles. The van der Waals surface area contributed by atoms with Gasteiger partial charge in [0.05, 0.1) is 5.52 Å². The van der Waals surface area contributed by atoms with Gasteiger partial charge in [-0.05, 0) is 30.0 Å². The topological polar surface area (TPSA) is 4.93 Å². The van der Waals surface area contributed by atoms with Crippen LogP contribution >= 0.6 is 11.3 Å². The molecule has 0 saturated carbocycles. The van der Waals surface area contributed by atoms with Crippen LogP contribution in [0.4, 0.5) is 0 Å². The van der Waals surface area contributed by atoms with Crippen molar-refractivity contribution in [3.8, 4) is 0 Å². The fourth-order valence-electron chi connectivity index (χ4n) is 4.00. The minimum atomic E-state index is 0.333. The van der Waals surface area contributed by atoms with Crippen LogP contribution in [-0.4, -0.2) is 4.57 Å². The van der Waals surface area contributed by atoms with Crippen LogP contribution in [0.1, 0.15) is 27.2 Å². The maximum absolute atomic E-state index is 2.53. The van der Waals surface area contributed by atoms with Crippen LogP contribution in [0.25, 0.3) is 42.0 Å². The van der Waals surface area contributed by atoms with Gasteiger partial charge < -0.3 is 4.57 Å². The van der Waals surface area contributed by atoms with E-state index in [4.69, 9.17) is 0 Å². The molecule has 0 aliphatic heterocycles. The number of aryl methyl sites for hydroxylation is 1. The summed E-state index contributed by atoms with van der Waals surface area (Å²) >= 11 is 1.93. The molecule has 2 heterocycles. The third-order valence-electron chi connectivity index (χ3n) is 5.37. The Labute approximate surface area is 157 Å². The van der Waals surface area contributed by atoms with Crippen LogP contribution in [0.2, 0.25) is 0 Å². The van der Waals surface area contributed by atoms with E-state index in [1.165, 1.54) is 48.4 Å². The number of rotatable bonds is 2. The van der Waals surface area contributed by atoms with Gasteiger partial charge in [-0.25, -0.2) is 0 Å². The quantitative estimate of drug-likeness (QED) is 0.306. The Morgan fingerprint density at radius 3 is 2.31 bits per heavy atom. The van der Waals surface area contributed by atoms with Crippen LogP contribution < -0.4 is 0 Å². The summed E-state index contributed by atoms with van der Waals surface area (Å²) in [6, 6.07) is 22.3. The SMILES string of the molecule is CC(C)(C)CCn1c2ccccc2c2c3sc4ccccc4c3ccc21. The van der Waals surface area contributed by atoms with Crippen LogP contribution in [0, 0.1) is 5.41 Å². The first-order valence-electron chi connectivity index (χ1n) is 9.34.